The zero-order chi connectivity index (χ0) is 13.6. The van der Waals surface area contributed by atoms with Gasteiger partial charge >= 0.3 is 5.97 Å². The maximum absolute atomic E-state index is 10.2. The van der Waals surface area contributed by atoms with E-state index in [0.717, 1.165) is 25.7 Å². The first-order chi connectivity index (χ1) is 8.63. The predicted molar refractivity (Wildman–Crippen MR) is 74.6 cm³/mol. The van der Waals surface area contributed by atoms with Crippen LogP contribution in [-0.4, -0.2) is 22.3 Å². The highest BCUT2D eigenvalue weighted by atomic mass is 16.4. The number of carbonyl (C=O) groups is 1. The van der Waals surface area contributed by atoms with Crippen molar-refractivity contribution in [2.75, 3.05) is 0 Å². The first-order valence-corrected chi connectivity index (χ1v) is 7.20. The Labute approximate surface area is 111 Å². The lowest BCUT2D eigenvalue weighted by Gasteiger charge is -2.03. The van der Waals surface area contributed by atoms with Crippen LogP contribution in [0.5, 0.6) is 0 Å². The molecule has 0 aromatic heterocycles. The lowest BCUT2D eigenvalue weighted by molar-refractivity contribution is -0.131. The number of carboxylic acids is 1. The number of unbranched alkanes of at least 4 members (excludes halogenated alkanes) is 8. The topological polar surface area (TPSA) is 57.5 Å². The Morgan fingerprint density at radius 2 is 1.50 bits per heavy atom. The van der Waals surface area contributed by atoms with Gasteiger partial charge in [-0.3, -0.25) is 0 Å². The van der Waals surface area contributed by atoms with Crippen LogP contribution in [0.2, 0.25) is 0 Å². The minimum absolute atomic E-state index is 0.149. The van der Waals surface area contributed by atoms with E-state index in [1.807, 2.05) is 6.92 Å². The maximum Gasteiger partial charge on any atom is 0.327 e. The lowest BCUT2D eigenvalue weighted by Crippen LogP contribution is -1.98. The van der Waals surface area contributed by atoms with Crippen molar-refractivity contribution in [3.8, 4) is 0 Å². The molecule has 0 aliphatic rings. The van der Waals surface area contributed by atoms with Crippen molar-refractivity contribution in [1.82, 2.24) is 0 Å². The van der Waals surface area contributed by atoms with Crippen molar-refractivity contribution in [3.05, 3.63) is 12.2 Å². The van der Waals surface area contributed by atoms with Crippen molar-refractivity contribution in [2.24, 2.45) is 0 Å². The molecule has 0 saturated carbocycles. The van der Waals surface area contributed by atoms with Crippen LogP contribution in [0.3, 0.4) is 0 Å². The van der Waals surface area contributed by atoms with Crippen LogP contribution >= 0.6 is 0 Å². The monoisotopic (exact) mass is 256 g/mol. The first kappa shape index (κ1) is 17.2. The maximum atomic E-state index is 10.2. The number of hydrogen-bond acceptors (Lipinski definition) is 2. The molecule has 1 unspecified atom stereocenters. The molecule has 0 radical (unpaired) electrons. The van der Waals surface area contributed by atoms with Crippen molar-refractivity contribution >= 4 is 5.97 Å². The molecule has 2 N–H and O–H groups in total. The number of hydrogen-bond donors (Lipinski definition) is 2. The molecule has 0 rings (SSSR count). The van der Waals surface area contributed by atoms with Gasteiger partial charge in [0.15, 0.2) is 0 Å². The molecule has 0 heterocycles. The second kappa shape index (κ2) is 12.6. The highest BCUT2D eigenvalue weighted by Crippen LogP contribution is 2.11. The van der Waals surface area contributed by atoms with E-state index >= 15 is 0 Å². The quantitative estimate of drug-likeness (QED) is 0.411. The van der Waals surface area contributed by atoms with Gasteiger partial charge in [0.2, 0.25) is 0 Å². The fraction of sp³-hybridized carbons (Fsp3) is 0.800. The number of aliphatic hydroxyl groups is 1. The highest BCUT2D eigenvalue weighted by molar-refractivity contribution is 5.79. The van der Waals surface area contributed by atoms with Crippen LogP contribution in [0.15, 0.2) is 12.2 Å². The molecular formula is C15H28O3. The Hall–Kier alpha value is -0.830. The molecule has 0 aliphatic carbocycles. The molecule has 0 bridgehead atoms. The molecule has 0 aromatic rings. The third-order valence-electron chi connectivity index (χ3n) is 3.00. The SMILES string of the molecule is CC(O)CCCCCCCCCC/C=C/C(=O)O. The van der Waals surface area contributed by atoms with Gasteiger partial charge in [-0.1, -0.05) is 51.0 Å². The zero-order valence-corrected chi connectivity index (χ0v) is 11.6. The van der Waals surface area contributed by atoms with E-state index in [9.17, 15) is 4.79 Å². The van der Waals surface area contributed by atoms with E-state index < -0.39 is 5.97 Å². The van der Waals surface area contributed by atoms with E-state index in [4.69, 9.17) is 10.2 Å². The Kier molecular flexibility index (Phi) is 12.0. The standard InChI is InChI=1S/C15H28O3/c1-14(16)12-10-8-6-4-2-3-5-7-9-11-13-15(17)18/h11,13-14,16H,2-10,12H2,1H3,(H,17,18)/b13-11+. The third-order valence-corrected chi connectivity index (χ3v) is 3.00. The van der Waals surface area contributed by atoms with Gasteiger partial charge in [0.05, 0.1) is 6.10 Å². The minimum atomic E-state index is -0.854. The molecule has 0 aromatic carbocycles. The Balaban J connectivity index is 3.05. The van der Waals surface area contributed by atoms with Gasteiger partial charge in [-0.05, 0) is 26.2 Å². The van der Waals surface area contributed by atoms with E-state index in [-0.39, 0.29) is 6.10 Å². The average Bonchev–Trinajstić information content (AvgIpc) is 2.29. The summed E-state index contributed by atoms with van der Waals surface area (Å²) in [5.41, 5.74) is 0. The van der Waals surface area contributed by atoms with E-state index in [1.54, 1.807) is 6.08 Å². The Morgan fingerprint density at radius 3 is 2.00 bits per heavy atom. The molecule has 0 amide bonds. The van der Waals surface area contributed by atoms with Gasteiger partial charge in [-0.15, -0.1) is 0 Å². The molecule has 0 fully saturated rings. The molecule has 0 spiro atoms. The highest BCUT2D eigenvalue weighted by Gasteiger charge is 1.95. The van der Waals surface area contributed by atoms with Crippen LogP contribution in [-0.2, 0) is 4.79 Å². The summed E-state index contributed by atoms with van der Waals surface area (Å²) < 4.78 is 0. The fourth-order valence-electron chi connectivity index (χ4n) is 1.95. The van der Waals surface area contributed by atoms with Gasteiger partial charge in [-0.2, -0.15) is 0 Å². The molecule has 3 heteroatoms. The number of aliphatic carboxylic acids is 1. The van der Waals surface area contributed by atoms with Crippen LogP contribution in [0, 0.1) is 0 Å². The largest absolute Gasteiger partial charge is 0.478 e. The van der Waals surface area contributed by atoms with Crippen LogP contribution < -0.4 is 0 Å². The molecule has 1 atom stereocenters. The predicted octanol–water partition coefficient (Wildman–Crippen LogP) is 3.91. The van der Waals surface area contributed by atoms with E-state index in [0.29, 0.717) is 0 Å². The second-order valence-corrected chi connectivity index (χ2v) is 5.00. The smallest absolute Gasteiger partial charge is 0.327 e. The van der Waals surface area contributed by atoms with Crippen molar-refractivity contribution in [2.45, 2.75) is 77.2 Å². The van der Waals surface area contributed by atoms with Gasteiger partial charge in [0.25, 0.3) is 0 Å². The minimum Gasteiger partial charge on any atom is -0.478 e. The second-order valence-electron chi connectivity index (χ2n) is 5.00. The lowest BCUT2D eigenvalue weighted by atomic mass is 10.1. The first-order valence-electron chi connectivity index (χ1n) is 7.20. The number of aliphatic hydroxyl groups excluding tert-OH is 1. The molecule has 3 nitrogen and oxygen atoms in total. The summed E-state index contributed by atoms with van der Waals surface area (Å²) in [6.07, 6.45) is 14.3. The molecule has 18 heavy (non-hydrogen) atoms. The van der Waals surface area contributed by atoms with E-state index in [2.05, 4.69) is 0 Å². The van der Waals surface area contributed by atoms with Gasteiger partial charge in [0.1, 0.15) is 0 Å². The summed E-state index contributed by atoms with van der Waals surface area (Å²) in [4.78, 5) is 10.2. The molecule has 106 valence electrons. The van der Waals surface area contributed by atoms with Gasteiger partial charge < -0.3 is 10.2 Å². The zero-order valence-electron chi connectivity index (χ0n) is 11.6. The fourth-order valence-corrected chi connectivity index (χ4v) is 1.95. The summed E-state index contributed by atoms with van der Waals surface area (Å²) >= 11 is 0. The van der Waals surface area contributed by atoms with E-state index in [1.165, 1.54) is 44.6 Å². The van der Waals surface area contributed by atoms with Crippen molar-refractivity contribution in [1.29, 1.82) is 0 Å². The molecular weight excluding hydrogens is 228 g/mol. The summed E-state index contributed by atoms with van der Waals surface area (Å²) in [6.45, 7) is 1.85. The van der Waals surface area contributed by atoms with Gasteiger partial charge in [-0.25, -0.2) is 4.79 Å². The number of carboxylic acid groups (broad SMARTS) is 1. The molecule has 0 saturated heterocycles. The van der Waals surface area contributed by atoms with Gasteiger partial charge in [0, 0.05) is 6.08 Å². The van der Waals surface area contributed by atoms with Crippen molar-refractivity contribution < 1.29 is 15.0 Å². The Morgan fingerprint density at radius 1 is 1.00 bits per heavy atom. The van der Waals surface area contributed by atoms with Crippen LogP contribution in [0.4, 0.5) is 0 Å². The summed E-state index contributed by atoms with van der Waals surface area (Å²) in [5, 5.41) is 17.5. The summed E-state index contributed by atoms with van der Waals surface area (Å²) in [5.74, 6) is -0.854. The normalized spacial score (nSPS) is 13.0. The van der Waals surface area contributed by atoms with Crippen LogP contribution in [0.1, 0.15) is 71.1 Å². The van der Waals surface area contributed by atoms with Crippen molar-refractivity contribution in [3.63, 3.8) is 0 Å². The summed E-state index contributed by atoms with van der Waals surface area (Å²) in [7, 11) is 0. The van der Waals surface area contributed by atoms with Crippen LogP contribution in [0.25, 0.3) is 0 Å². The molecule has 0 aliphatic heterocycles. The number of rotatable bonds is 12. The third kappa shape index (κ3) is 15.2. The average molecular weight is 256 g/mol. The Bertz CT molecular complexity index is 222. The summed E-state index contributed by atoms with van der Waals surface area (Å²) in [6, 6.07) is 0. The number of allylic oxidation sites excluding steroid dienone is 1.